The molecule has 2 rings (SSSR count). The SMILES string of the molecule is CCNC(=O)[C@]1(C)CCCN1c1ccncc1. The summed E-state index contributed by atoms with van der Waals surface area (Å²) in [5, 5.41) is 2.93. The number of carbonyl (C=O) groups excluding carboxylic acids is 1. The average Bonchev–Trinajstić information content (AvgIpc) is 2.74. The van der Waals surface area contributed by atoms with E-state index in [1.165, 1.54) is 0 Å². The molecule has 1 amide bonds. The van der Waals surface area contributed by atoms with E-state index in [0.717, 1.165) is 25.1 Å². The molecule has 1 aliphatic heterocycles. The minimum absolute atomic E-state index is 0.120. The van der Waals surface area contributed by atoms with Crippen LogP contribution in [0.5, 0.6) is 0 Å². The van der Waals surface area contributed by atoms with Crippen molar-refractivity contribution in [2.45, 2.75) is 32.2 Å². The Balaban J connectivity index is 2.25. The van der Waals surface area contributed by atoms with Crippen molar-refractivity contribution in [1.29, 1.82) is 0 Å². The summed E-state index contributed by atoms with van der Waals surface area (Å²) in [5.41, 5.74) is 0.656. The van der Waals surface area contributed by atoms with E-state index in [9.17, 15) is 4.79 Å². The summed E-state index contributed by atoms with van der Waals surface area (Å²) in [4.78, 5) is 18.4. The smallest absolute Gasteiger partial charge is 0.245 e. The molecule has 1 fully saturated rings. The highest BCUT2D eigenvalue weighted by Gasteiger charge is 2.42. The number of nitrogens with one attached hydrogen (secondary N) is 1. The van der Waals surface area contributed by atoms with E-state index in [1.807, 2.05) is 26.0 Å². The number of carbonyl (C=O) groups is 1. The Morgan fingerprint density at radius 3 is 2.88 bits per heavy atom. The normalized spacial score (nSPS) is 23.8. The Kier molecular flexibility index (Phi) is 3.31. The first kappa shape index (κ1) is 11.9. The molecular weight excluding hydrogens is 214 g/mol. The minimum Gasteiger partial charge on any atom is -0.357 e. The van der Waals surface area contributed by atoms with Crippen molar-refractivity contribution < 1.29 is 4.79 Å². The molecule has 1 atom stereocenters. The molecule has 1 saturated heterocycles. The van der Waals surface area contributed by atoms with E-state index in [-0.39, 0.29) is 5.91 Å². The van der Waals surface area contributed by atoms with E-state index in [0.29, 0.717) is 6.54 Å². The van der Waals surface area contributed by atoms with Crippen molar-refractivity contribution in [2.24, 2.45) is 0 Å². The van der Waals surface area contributed by atoms with Gasteiger partial charge in [-0.1, -0.05) is 0 Å². The Labute approximate surface area is 102 Å². The molecule has 0 saturated carbocycles. The molecule has 1 aliphatic rings. The van der Waals surface area contributed by atoms with Crippen LogP contribution in [0.15, 0.2) is 24.5 Å². The minimum atomic E-state index is -0.419. The van der Waals surface area contributed by atoms with Gasteiger partial charge in [0.25, 0.3) is 0 Å². The van der Waals surface area contributed by atoms with Crippen molar-refractivity contribution in [3.8, 4) is 0 Å². The number of anilines is 1. The van der Waals surface area contributed by atoms with Gasteiger partial charge >= 0.3 is 0 Å². The maximum Gasteiger partial charge on any atom is 0.245 e. The molecule has 4 heteroatoms. The Morgan fingerprint density at radius 1 is 1.53 bits per heavy atom. The van der Waals surface area contributed by atoms with Crippen LogP contribution in [0.3, 0.4) is 0 Å². The van der Waals surface area contributed by atoms with Gasteiger partial charge in [0.15, 0.2) is 0 Å². The second kappa shape index (κ2) is 4.73. The zero-order valence-corrected chi connectivity index (χ0v) is 10.4. The number of nitrogens with zero attached hydrogens (tertiary/aromatic N) is 2. The maximum atomic E-state index is 12.2. The first-order valence-corrected chi connectivity index (χ1v) is 6.14. The fourth-order valence-corrected chi connectivity index (χ4v) is 2.49. The molecule has 0 radical (unpaired) electrons. The summed E-state index contributed by atoms with van der Waals surface area (Å²) in [6.07, 6.45) is 5.49. The number of aromatic nitrogens is 1. The second-order valence-corrected chi connectivity index (χ2v) is 4.59. The number of pyridine rings is 1. The van der Waals surface area contributed by atoms with Gasteiger partial charge in [-0.3, -0.25) is 9.78 Å². The molecule has 0 unspecified atom stereocenters. The standard InChI is InChI=1S/C13H19N3O/c1-3-15-12(17)13(2)7-4-10-16(13)11-5-8-14-9-6-11/h5-6,8-9H,3-4,7,10H2,1-2H3,(H,15,17)/t13-/m0/s1. The molecule has 0 bridgehead atoms. The summed E-state index contributed by atoms with van der Waals surface area (Å²) >= 11 is 0. The molecular formula is C13H19N3O. The van der Waals surface area contributed by atoms with Crippen molar-refractivity contribution in [2.75, 3.05) is 18.0 Å². The number of hydrogen-bond donors (Lipinski definition) is 1. The van der Waals surface area contributed by atoms with Gasteiger partial charge in [-0.2, -0.15) is 0 Å². The lowest BCUT2D eigenvalue weighted by Gasteiger charge is -2.35. The predicted octanol–water partition coefficient (Wildman–Crippen LogP) is 1.58. The van der Waals surface area contributed by atoms with Gasteiger partial charge in [-0.25, -0.2) is 0 Å². The molecule has 1 aromatic rings. The van der Waals surface area contributed by atoms with Crippen LogP contribution in [-0.2, 0) is 4.79 Å². The molecule has 2 heterocycles. The van der Waals surface area contributed by atoms with Crippen LogP contribution < -0.4 is 10.2 Å². The molecule has 1 N–H and O–H groups in total. The number of amides is 1. The van der Waals surface area contributed by atoms with Crippen LogP contribution in [0.2, 0.25) is 0 Å². The van der Waals surface area contributed by atoms with Crippen LogP contribution in [0, 0.1) is 0 Å². The number of hydrogen-bond acceptors (Lipinski definition) is 3. The lowest BCUT2D eigenvalue weighted by molar-refractivity contribution is -0.125. The molecule has 17 heavy (non-hydrogen) atoms. The van der Waals surface area contributed by atoms with Gasteiger partial charge in [0.05, 0.1) is 0 Å². The van der Waals surface area contributed by atoms with Crippen molar-refractivity contribution in [1.82, 2.24) is 10.3 Å². The van der Waals surface area contributed by atoms with Crippen molar-refractivity contribution >= 4 is 11.6 Å². The van der Waals surface area contributed by atoms with Crippen LogP contribution in [0.1, 0.15) is 26.7 Å². The van der Waals surface area contributed by atoms with Crippen LogP contribution >= 0.6 is 0 Å². The molecule has 4 nitrogen and oxygen atoms in total. The van der Waals surface area contributed by atoms with Gasteiger partial charge in [0.2, 0.25) is 5.91 Å². The zero-order valence-electron chi connectivity index (χ0n) is 10.4. The fraction of sp³-hybridized carbons (Fsp3) is 0.538. The van der Waals surface area contributed by atoms with E-state index < -0.39 is 5.54 Å². The highest BCUT2D eigenvalue weighted by Crippen LogP contribution is 2.33. The number of rotatable bonds is 3. The third kappa shape index (κ3) is 2.12. The fourth-order valence-electron chi connectivity index (χ4n) is 2.49. The quantitative estimate of drug-likeness (QED) is 0.862. The largest absolute Gasteiger partial charge is 0.357 e. The first-order valence-electron chi connectivity index (χ1n) is 6.14. The maximum absolute atomic E-state index is 12.2. The Hall–Kier alpha value is -1.58. The van der Waals surface area contributed by atoms with E-state index >= 15 is 0 Å². The van der Waals surface area contributed by atoms with Crippen LogP contribution in [0.4, 0.5) is 5.69 Å². The van der Waals surface area contributed by atoms with Crippen LogP contribution in [0.25, 0.3) is 0 Å². The lowest BCUT2D eigenvalue weighted by Crippen LogP contribution is -2.53. The van der Waals surface area contributed by atoms with Gasteiger partial charge in [0, 0.05) is 31.2 Å². The summed E-state index contributed by atoms with van der Waals surface area (Å²) in [6.45, 7) is 5.58. The Morgan fingerprint density at radius 2 is 2.24 bits per heavy atom. The molecule has 92 valence electrons. The monoisotopic (exact) mass is 233 g/mol. The molecule has 0 aromatic carbocycles. The highest BCUT2D eigenvalue weighted by molar-refractivity contribution is 5.90. The molecule has 0 spiro atoms. The van der Waals surface area contributed by atoms with Gasteiger partial charge in [-0.05, 0) is 38.8 Å². The summed E-state index contributed by atoms with van der Waals surface area (Å²) in [5.74, 6) is 0.120. The van der Waals surface area contributed by atoms with E-state index in [2.05, 4.69) is 15.2 Å². The highest BCUT2D eigenvalue weighted by atomic mass is 16.2. The van der Waals surface area contributed by atoms with Gasteiger partial charge < -0.3 is 10.2 Å². The van der Waals surface area contributed by atoms with E-state index in [1.54, 1.807) is 12.4 Å². The predicted molar refractivity (Wildman–Crippen MR) is 67.9 cm³/mol. The van der Waals surface area contributed by atoms with E-state index in [4.69, 9.17) is 0 Å². The molecule has 1 aromatic heterocycles. The summed E-state index contributed by atoms with van der Waals surface area (Å²) < 4.78 is 0. The third-order valence-electron chi connectivity index (χ3n) is 3.44. The third-order valence-corrected chi connectivity index (χ3v) is 3.44. The second-order valence-electron chi connectivity index (χ2n) is 4.59. The summed E-state index contributed by atoms with van der Waals surface area (Å²) in [6, 6.07) is 3.92. The number of likely N-dealkylation sites (N-methyl/N-ethyl adjacent to an activating group) is 1. The van der Waals surface area contributed by atoms with Gasteiger partial charge in [0.1, 0.15) is 5.54 Å². The van der Waals surface area contributed by atoms with Crippen LogP contribution in [-0.4, -0.2) is 29.5 Å². The Bertz CT molecular complexity index is 393. The van der Waals surface area contributed by atoms with Crippen molar-refractivity contribution in [3.05, 3.63) is 24.5 Å². The summed E-state index contributed by atoms with van der Waals surface area (Å²) in [7, 11) is 0. The topological polar surface area (TPSA) is 45.2 Å². The average molecular weight is 233 g/mol. The zero-order chi connectivity index (χ0) is 12.3. The molecule has 0 aliphatic carbocycles. The van der Waals surface area contributed by atoms with Gasteiger partial charge in [-0.15, -0.1) is 0 Å². The first-order chi connectivity index (χ1) is 8.18. The lowest BCUT2D eigenvalue weighted by atomic mass is 9.97. The van der Waals surface area contributed by atoms with Crippen molar-refractivity contribution in [3.63, 3.8) is 0 Å².